The molecule has 1 aromatic carbocycles. The lowest BCUT2D eigenvalue weighted by Gasteiger charge is -2.13. The van der Waals surface area contributed by atoms with E-state index in [-0.39, 0.29) is 0 Å². The van der Waals surface area contributed by atoms with Gasteiger partial charge >= 0.3 is 0 Å². The Hall–Kier alpha value is -0.870. The molecule has 1 saturated heterocycles. The van der Waals surface area contributed by atoms with Crippen LogP contribution >= 0.6 is 15.9 Å². The van der Waals surface area contributed by atoms with Gasteiger partial charge in [-0.05, 0) is 38.1 Å². The highest BCUT2D eigenvalue weighted by atomic mass is 79.9. The lowest BCUT2D eigenvalue weighted by molar-refractivity contribution is 0.548. The molecule has 0 radical (unpaired) electrons. The van der Waals surface area contributed by atoms with E-state index in [0.717, 1.165) is 28.9 Å². The predicted octanol–water partition coefficient (Wildman–Crippen LogP) is 2.64. The number of hydrogen-bond acceptors (Lipinski definition) is 2. The van der Waals surface area contributed by atoms with E-state index in [0.29, 0.717) is 6.04 Å². The summed E-state index contributed by atoms with van der Waals surface area (Å²) >= 11 is 3.49. The summed E-state index contributed by atoms with van der Waals surface area (Å²) in [5, 5.41) is 3.41. The number of hydrogen-bond donors (Lipinski definition) is 1. The smallest absolute Gasteiger partial charge is 0.107 e. The molecule has 0 spiro atoms. The van der Waals surface area contributed by atoms with Gasteiger partial charge in [-0.3, -0.25) is 0 Å². The second-order valence-corrected chi connectivity index (χ2v) is 5.22. The van der Waals surface area contributed by atoms with Crippen LogP contribution in [0.1, 0.15) is 18.3 Å². The highest BCUT2D eigenvalue weighted by molar-refractivity contribution is 9.10. The first-order valence-electron chi connectivity index (χ1n) is 5.60. The number of nitrogens with one attached hydrogen (secondary N) is 1. The number of rotatable bonds is 1. The molecule has 3 rings (SSSR count). The van der Waals surface area contributed by atoms with Crippen molar-refractivity contribution >= 4 is 27.0 Å². The Labute approximate surface area is 103 Å². The van der Waals surface area contributed by atoms with Gasteiger partial charge in [-0.2, -0.15) is 0 Å². The van der Waals surface area contributed by atoms with Crippen LogP contribution in [0.3, 0.4) is 0 Å². The molecule has 1 aromatic heterocycles. The van der Waals surface area contributed by atoms with Crippen LogP contribution in [0, 0.1) is 6.92 Å². The second-order valence-electron chi connectivity index (χ2n) is 4.31. The SMILES string of the molecule is Cc1nc2cc(Br)ccc2n1C1CCNC1. The monoisotopic (exact) mass is 279 g/mol. The molecule has 2 heterocycles. The van der Waals surface area contributed by atoms with Gasteiger partial charge in [-0.15, -0.1) is 0 Å². The van der Waals surface area contributed by atoms with Gasteiger partial charge in [0.1, 0.15) is 5.82 Å². The molecule has 1 aliphatic rings. The van der Waals surface area contributed by atoms with Crippen LogP contribution in [-0.2, 0) is 0 Å². The van der Waals surface area contributed by atoms with E-state index in [9.17, 15) is 0 Å². The van der Waals surface area contributed by atoms with Crippen LogP contribution in [0.25, 0.3) is 11.0 Å². The molecular formula is C12H14BrN3. The molecule has 1 N–H and O–H groups in total. The van der Waals surface area contributed by atoms with E-state index in [4.69, 9.17) is 0 Å². The molecule has 1 unspecified atom stereocenters. The van der Waals surface area contributed by atoms with Crippen molar-refractivity contribution in [3.8, 4) is 0 Å². The maximum Gasteiger partial charge on any atom is 0.107 e. The van der Waals surface area contributed by atoms with E-state index in [1.807, 2.05) is 0 Å². The average molecular weight is 280 g/mol. The van der Waals surface area contributed by atoms with Crippen molar-refractivity contribution in [1.82, 2.24) is 14.9 Å². The molecule has 1 fully saturated rings. The van der Waals surface area contributed by atoms with Crippen molar-refractivity contribution in [3.63, 3.8) is 0 Å². The van der Waals surface area contributed by atoms with Crippen LogP contribution in [0.15, 0.2) is 22.7 Å². The summed E-state index contributed by atoms with van der Waals surface area (Å²) in [5.74, 6) is 1.11. The number of benzene rings is 1. The summed E-state index contributed by atoms with van der Waals surface area (Å²) in [6, 6.07) is 6.88. The fraction of sp³-hybridized carbons (Fsp3) is 0.417. The first-order valence-corrected chi connectivity index (χ1v) is 6.40. The number of nitrogens with zero attached hydrogens (tertiary/aromatic N) is 2. The third-order valence-corrected chi connectivity index (χ3v) is 3.72. The lowest BCUT2D eigenvalue weighted by atomic mass is 10.2. The van der Waals surface area contributed by atoms with Crippen molar-refractivity contribution in [1.29, 1.82) is 0 Å². The van der Waals surface area contributed by atoms with Crippen molar-refractivity contribution < 1.29 is 0 Å². The van der Waals surface area contributed by atoms with Gasteiger partial charge in [0.15, 0.2) is 0 Å². The molecule has 0 aliphatic carbocycles. The van der Waals surface area contributed by atoms with Crippen molar-refractivity contribution in [2.45, 2.75) is 19.4 Å². The van der Waals surface area contributed by atoms with Gasteiger partial charge in [0.2, 0.25) is 0 Å². The van der Waals surface area contributed by atoms with E-state index in [1.165, 1.54) is 11.9 Å². The minimum Gasteiger partial charge on any atom is -0.324 e. The Balaban J connectivity index is 2.18. The largest absolute Gasteiger partial charge is 0.324 e. The fourth-order valence-corrected chi connectivity index (χ4v) is 2.86. The minimum absolute atomic E-state index is 0.561. The topological polar surface area (TPSA) is 29.9 Å². The summed E-state index contributed by atoms with van der Waals surface area (Å²) in [5.41, 5.74) is 2.33. The van der Waals surface area contributed by atoms with Gasteiger partial charge in [-0.1, -0.05) is 15.9 Å². The molecule has 0 saturated carbocycles. The first-order chi connectivity index (χ1) is 7.75. The summed E-state index contributed by atoms with van der Waals surface area (Å²) in [7, 11) is 0. The highest BCUT2D eigenvalue weighted by Crippen LogP contribution is 2.26. The van der Waals surface area contributed by atoms with Gasteiger partial charge in [0.05, 0.1) is 11.0 Å². The molecular weight excluding hydrogens is 266 g/mol. The lowest BCUT2D eigenvalue weighted by Crippen LogP contribution is -2.14. The van der Waals surface area contributed by atoms with Gasteiger partial charge < -0.3 is 9.88 Å². The van der Waals surface area contributed by atoms with E-state index < -0.39 is 0 Å². The summed E-state index contributed by atoms with van der Waals surface area (Å²) in [6.45, 7) is 4.26. The molecule has 16 heavy (non-hydrogen) atoms. The molecule has 1 atom stereocenters. The van der Waals surface area contributed by atoms with Gasteiger partial charge in [0, 0.05) is 17.1 Å². The fourth-order valence-electron chi connectivity index (χ4n) is 2.51. The Kier molecular flexibility index (Phi) is 2.48. The zero-order chi connectivity index (χ0) is 11.1. The number of aromatic nitrogens is 2. The normalized spacial score (nSPS) is 20.8. The molecule has 0 bridgehead atoms. The van der Waals surface area contributed by atoms with Crippen molar-refractivity contribution in [3.05, 3.63) is 28.5 Å². The van der Waals surface area contributed by atoms with E-state index in [1.54, 1.807) is 0 Å². The number of imidazole rings is 1. The number of aryl methyl sites for hydroxylation is 1. The Morgan fingerprint density at radius 2 is 2.38 bits per heavy atom. The Morgan fingerprint density at radius 3 is 3.12 bits per heavy atom. The van der Waals surface area contributed by atoms with Crippen LogP contribution in [0.4, 0.5) is 0 Å². The molecule has 4 heteroatoms. The molecule has 3 nitrogen and oxygen atoms in total. The van der Waals surface area contributed by atoms with Gasteiger partial charge in [0.25, 0.3) is 0 Å². The predicted molar refractivity (Wildman–Crippen MR) is 68.7 cm³/mol. The van der Waals surface area contributed by atoms with Crippen LogP contribution in [0.2, 0.25) is 0 Å². The Morgan fingerprint density at radius 1 is 1.50 bits per heavy atom. The third-order valence-electron chi connectivity index (χ3n) is 3.23. The Bertz CT molecular complexity index is 526. The average Bonchev–Trinajstić information content (AvgIpc) is 2.83. The standard InChI is InChI=1S/C12H14BrN3/c1-8-15-11-6-9(13)2-3-12(11)16(8)10-4-5-14-7-10/h2-3,6,10,14H,4-5,7H2,1H3. The van der Waals surface area contributed by atoms with Crippen LogP contribution < -0.4 is 5.32 Å². The minimum atomic E-state index is 0.561. The first kappa shape index (κ1) is 10.3. The molecule has 84 valence electrons. The molecule has 2 aromatic rings. The van der Waals surface area contributed by atoms with Crippen molar-refractivity contribution in [2.75, 3.05) is 13.1 Å². The zero-order valence-corrected chi connectivity index (χ0v) is 10.8. The molecule has 0 amide bonds. The summed E-state index contributed by atoms with van der Waals surface area (Å²) in [6.07, 6.45) is 1.20. The van der Waals surface area contributed by atoms with Crippen molar-refractivity contribution in [2.24, 2.45) is 0 Å². The molecule has 1 aliphatic heterocycles. The maximum atomic E-state index is 4.62. The maximum absolute atomic E-state index is 4.62. The summed E-state index contributed by atoms with van der Waals surface area (Å²) in [4.78, 5) is 4.62. The quantitative estimate of drug-likeness (QED) is 0.870. The van der Waals surface area contributed by atoms with Crippen LogP contribution in [-0.4, -0.2) is 22.6 Å². The number of fused-ring (bicyclic) bond motifs is 1. The van der Waals surface area contributed by atoms with E-state index >= 15 is 0 Å². The van der Waals surface area contributed by atoms with Gasteiger partial charge in [-0.25, -0.2) is 4.98 Å². The summed E-state index contributed by atoms with van der Waals surface area (Å²) < 4.78 is 3.45. The van der Waals surface area contributed by atoms with E-state index in [2.05, 4.69) is 55.9 Å². The highest BCUT2D eigenvalue weighted by Gasteiger charge is 2.20. The van der Waals surface area contributed by atoms with Crippen LogP contribution in [0.5, 0.6) is 0 Å². The third kappa shape index (κ3) is 1.57. The second kappa shape index (κ2) is 3.86. The zero-order valence-electron chi connectivity index (χ0n) is 9.20. The number of halogens is 1.